The first-order valence-electron chi connectivity index (χ1n) is 7.51. The lowest BCUT2D eigenvalue weighted by Crippen LogP contribution is -2.18. The molecule has 0 unspecified atom stereocenters. The van der Waals surface area contributed by atoms with Gasteiger partial charge in [-0.25, -0.2) is 18.1 Å². The largest absolute Gasteiger partial charge is 0.319 e. The standard InChI is InChI=1S/C17H15Cl2N3O2S2.BrH/c1-20-26(23,24)11-7-8-13(18)12(9-11)16-10-25-17(22(16)2)21-15-6-4-3-5-14(15)19;/h3-10,20H,1-2H3;1H/b21-17+;. The summed E-state index contributed by atoms with van der Waals surface area (Å²) in [7, 11) is -0.347. The Labute approximate surface area is 182 Å². The second-order valence-electron chi connectivity index (χ2n) is 5.37. The summed E-state index contributed by atoms with van der Waals surface area (Å²) in [5.74, 6) is 0. The van der Waals surface area contributed by atoms with Gasteiger partial charge in [0.05, 0.1) is 21.3 Å². The van der Waals surface area contributed by atoms with Crippen LogP contribution < -0.4 is 9.52 Å². The molecule has 0 amide bonds. The zero-order valence-electron chi connectivity index (χ0n) is 14.3. The maximum Gasteiger partial charge on any atom is 0.240 e. The number of hydrogen-bond acceptors (Lipinski definition) is 4. The first kappa shape index (κ1) is 22.1. The quantitative estimate of drug-likeness (QED) is 0.551. The molecular formula is C17H16BrCl2N3O2S2. The molecule has 0 bridgehead atoms. The Morgan fingerprint density at radius 2 is 1.81 bits per heavy atom. The second kappa shape index (κ2) is 8.89. The molecule has 5 nitrogen and oxygen atoms in total. The monoisotopic (exact) mass is 507 g/mol. The van der Waals surface area contributed by atoms with Gasteiger partial charge in [-0.05, 0) is 37.4 Å². The second-order valence-corrected chi connectivity index (χ2v) is 8.91. The highest BCUT2D eigenvalue weighted by molar-refractivity contribution is 8.93. The van der Waals surface area contributed by atoms with Gasteiger partial charge < -0.3 is 4.57 Å². The zero-order valence-corrected chi connectivity index (χ0v) is 19.2. The van der Waals surface area contributed by atoms with Crippen molar-refractivity contribution >= 4 is 67.2 Å². The highest BCUT2D eigenvalue weighted by Crippen LogP contribution is 2.31. The maximum atomic E-state index is 12.1. The van der Waals surface area contributed by atoms with Crippen LogP contribution in [0.2, 0.25) is 10.0 Å². The fourth-order valence-corrected chi connectivity index (χ4v) is 4.40. The van der Waals surface area contributed by atoms with Crippen molar-refractivity contribution in [2.45, 2.75) is 4.90 Å². The summed E-state index contributed by atoms with van der Waals surface area (Å²) in [4.78, 5) is 5.44. The minimum absolute atomic E-state index is 0. The third-order valence-corrected chi connectivity index (χ3v) is 6.76. The molecule has 3 rings (SSSR count). The van der Waals surface area contributed by atoms with Crippen LogP contribution in [0, 0.1) is 0 Å². The molecule has 0 fully saturated rings. The molecule has 0 saturated carbocycles. The highest BCUT2D eigenvalue weighted by atomic mass is 79.9. The average Bonchev–Trinajstić information content (AvgIpc) is 2.98. The topological polar surface area (TPSA) is 63.5 Å². The smallest absolute Gasteiger partial charge is 0.240 e. The number of para-hydroxylation sites is 1. The predicted octanol–water partition coefficient (Wildman–Crippen LogP) is 4.78. The lowest BCUT2D eigenvalue weighted by Gasteiger charge is -2.09. The first-order chi connectivity index (χ1) is 12.3. The van der Waals surface area contributed by atoms with E-state index < -0.39 is 10.0 Å². The lowest BCUT2D eigenvalue weighted by molar-refractivity contribution is 0.588. The third kappa shape index (κ3) is 4.64. The van der Waals surface area contributed by atoms with E-state index in [1.165, 1.54) is 24.5 Å². The van der Waals surface area contributed by atoms with Gasteiger partial charge in [-0.3, -0.25) is 0 Å². The zero-order chi connectivity index (χ0) is 18.9. The predicted molar refractivity (Wildman–Crippen MR) is 117 cm³/mol. The summed E-state index contributed by atoms with van der Waals surface area (Å²) < 4.78 is 28.3. The number of benzene rings is 2. The Balaban J connectivity index is 0.00000261. The molecule has 10 heteroatoms. The van der Waals surface area contributed by atoms with Crippen molar-refractivity contribution in [2.75, 3.05) is 7.05 Å². The van der Waals surface area contributed by atoms with E-state index in [2.05, 4.69) is 9.71 Å². The van der Waals surface area contributed by atoms with Gasteiger partial charge in [0.1, 0.15) is 0 Å². The van der Waals surface area contributed by atoms with Crippen molar-refractivity contribution in [1.29, 1.82) is 0 Å². The van der Waals surface area contributed by atoms with Crippen LogP contribution in [0.4, 0.5) is 5.69 Å². The van der Waals surface area contributed by atoms with Crippen LogP contribution in [-0.2, 0) is 17.1 Å². The number of aromatic nitrogens is 1. The molecule has 1 aromatic heterocycles. The number of hydrogen-bond donors (Lipinski definition) is 1. The molecular weight excluding hydrogens is 493 g/mol. The Morgan fingerprint density at radius 3 is 2.48 bits per heavy atom. The highest BCUT2D eigenvalue weighted by Gasteiger charge is 2.16. The normalized spacial score (nSPS) is 12.1. The Hall–Kier alpha value is -1.16. The summed E-state index contributed by atoms with van der Waals surface area (Å²) in [6.45, 7) is 0. The van der Waals surface area contributed by atoms with Crippen molar-refractivity contribution in [3.8, 4) is 11.3 Å². The Kier molecular flexibility index (Phi) is 7.29. The van der Waals surface area contributed by atoms with Crippen LogP contribution >= 0.6 is 51.5 Å². The maximum absolute atomic E-state index is 12.1. The van der Waals surface area contributed by atoms with Crippen molar-refractivity contribution in [1.82, 2.24) is 9.29 Å². The number of nitrogens with zero attached hydrogens (tertiary/aromatic N) is 2. The van der Waals surface area contributed by atoms with Crippen LogP contribution in [0.1, 0.15) is 0 Å². The molecule has 27 heavy (non-hydrogen) atoms. The fraction of sp³-hybridized carbons (Fsp3) is 0.118. The molecule has 3 aromatic rings. The van der Waals surface area contributed by atoms with Gasteiger partial charge in [-0.1, -0.05) is 35.3 Å². The van der Waals surface area contributed by atoms with Gasteiger partial charge in [-0.15, -0.1) is 28.3 Å². The summed E-state index contributed by atoms with van der Waals surface area (Å²) in [5.41, 5.74) is 2.04. The summed E-state index contributed by atoms with van der Waals surface area (Å²) in [6, 6.07) is 11.9. The molecule has 1 N–H and O–H groups in total. The van der Waals surface area contributed by atoms with Gasteiger partial charge >= 0.3 is 0 Å². The summed E-state index contributed by atoms with van der Waals surface area (Å²) in [6.07, 6.45) is 0. The first-order valence-corrected chi connectivity index (χ1v) is 10.6. The van der Waals surface area contributed by atoms with Crippen molar-refractivity contribution in [3.05, 3.63) is 62.7 Å². The van der Waals surface area contributed by atoms with E-state index in [-0.39, 0.29) is 21.9 Å². The van der Waals surface area contributed by atoms with E-state index in [0.29, 0.717) is 26.1 Å². The Morgan fingerprint density at radius 1 is 1.11 bits per heavy atom. The van der Waals surface area contributed by atoms with Gasteiger partial charge in [-0.2, -0.15) is 0 Å². The molecule has 0 aliphatic heterocycles. The van der Waals surface area contributed by atoms with Crippen molar-refractivity contribution < 1.29 is 8.42 Å². The molecule has 0 saturated heterocycles. The SMILES string of the molecule is Br.CNS(=O)(=O)c1ccc(Cl)c(-c2cs/c(=N/c3ccccc3Cl)n2C)c1. The van der Waals surface area contributed by atoms with Gasteiger partial charge in [0.15, 0.2) is 4.80 Å². The number of nitrogens with one attached hydrogen (secondary N) is 1. The molecule has 1 heterocycles. The Bertz CT molecular complexity index is 1140. The van der Waals surface area contributed by atoms with Crippen LogP contribution in [0.25, 0.3) is 11.3 Å². The molecule has 0 atom stereocenters. The van der Waals surface area contributed by atoms with E-state index in [1.807, 2.05) is 35.2 Å². The number of halogens is 3. The molecule has 0 spiro atoms. The molecule has 0 aliphatic rings. The molecule has 2 aromatic carbocycles. The van der Waals surface area contributed by atoms with Crippen molar-refractivity contribution in [3.63, 3.8) is 0 Å². The number of thiazole rings is 1. The van der Waals surface area contributed by atoms with Crippen molar-refractivity contribution in [2.24, 2.45) is 12.0 Å². The average molecular weight is 509 g/mol. The van der Waals surface area contributed by atoms with Crippen LogP contribution in [0.3, 0.4) is 0 Å². The molecule has 0 aliphatic carbocycles. The van der Waals surface area contributed by atoms with E-state index in [0.717, 1.165) is 5.69 Å². The minimum Gasteiger partial charge on any atom is -0.319 e. The molecule has 144 valence electrons. The fourth-order valence-electron chi connectivity index (χ4n) is 2.35. The van der Waals surface area contributed by atoms with Gasteiger partial charge in [0.2, 0.25) is 10.0 Å². The van der Waals surface area contributed by atoms with E-state index in [4.69, 9.17) is 23.2 Å². The van der Waals surface area contributed by atoms with Gasteiger partial charge in [0.25, 0.3) is 0 Å². The van der Waals surface area contributed by atoms with Crippen LogP contribution in [-0.4, -0.2) is 20.0 Å². The molecule has 0 radical (unpaired) electrons. The van der Waals surface area contributed by atoms with E-state index in [1.54, 1.807) is 18.2 Å². The number of sulfonamides is 1. The van der Waals surface area contributed by atoms with E-state index >= 15 is 0 Å². The van der Waals surface area contributed by atoms with Crippen LogP contribution in [0.15, 0.2) is 57.7 Å². The summed E-state index contributed by atoms with van der Waals surface area (Å²) >= 11 is 13.9. The van der Waals surface area contributed by atoms with Gasteiger partial charge in [0, 0.05) is 23.0 Å². The van der Waals surface area contributed by atoms with Crippen LogP contribution in [0.5, 0.6) is 0 Å². The minimum atomic E-state index is -3.56. The lowest BCUT2D eigenvalue weighted by atomic mass is 10.2. The third-order valence-electron chi connectivity index (χ3n) is 3.79. The summed E-state index contributed by atoms with van der Waals surface area (Å²) in [5, 5.41) is 2.90. The van der Waals surface area contributed by atoms with E-state index in [9.17, 15) is 8.42 Å². The number of rotatable bonds is 4.